The Morgan fingerprint density at radius 1 is 1.16 bits per heavy atom. The standard InChI is InChI=1S/C12H10N4O3/c1-7-8(3-2-4-13-7)11(17)16-10-9(12(18)19)14-5-6-15-10/h2-6H,1H3,(H,18,19)(H,15,16,17). The first-order valence-electron chi connectivity index (χ1n) is 5.37. The molecular formula is C12H10N4O3. The van der Waals surface area contributed by atoms with Crippen molar-refractivity contribution in [2.75, 3.05) is 5.32 Å². The molecule has 2 rings (SSSR count). The van der Waals surface area contributed by atoms with Crippen LogP contribution in [0.1, 0.15) is 26.5 Å². The Morgan fingerprint density at radius 3 is 2.58 bits per heavy atom. The summed E-state index contributed by atoms with van der Waals surface area (Å²) in [5.74, 6) is -1.83. The van der Waals surface area contributed by atoms with Gasteiger partial charge in [-0.2, -0.15) is 0 Å². The molecule has 19 heavy (non-hydrogen) atoms. The third-order valence-corrected chi connectivity index (χ3v) is 2.38. The fourth-order valence-corrected chi connectivity index (χ4v) is 1.49. The summed E-state index contributed by atoms with van der Waals surface area (Å²) < 4.78 is 0. The molecule has 0 radical (unpaired) electrons. The fourth-order valence-electron chi connectivity index (χ4n) is 1.49. The van der Waals surface area contributed by atoms with E-state index >= 15 is 0 Å². The maximum Gasteiger partial charge on any atom is 0.358 e. The number of pyridine rings is 1. The molecule has 0 aliphatic heterocycles. The summed E-state index contributed by atoms with van der Waals surface area (Å²) in [5, 5.41) is 11.4. The molecule has 0 aliphatic rings. The van der Waals surface area contributed by atoms with Gasteiger partial charge in [0.15, 0.2) is 11.5 Å². The van der Waals surface area contributed by atoms with Gasteiger partial charge in [0.25, 0.3) is 5.91 Å². The van der Waals surface area contributed by atoms with Crippen LogP contribution in [0.3, 0.4) is 0 Å². The molecule has 0 saturated heterocycles. The predicted octanol–water partition coefficient (Wildman–Crippen LogP) is 1.13. The van der Waals surface area contributed by atoms with Crippen molar-refractivity contribution in [1.29, 1.82) is 0 Å². The Labute approximate surface area is 108 Å². The molecule has 0 aliphatic carbocycles. The average Bonchev–Trinajstić information content (AvgIpc) is 2.39. The van der Waals surface area contributed by atoms with Crippen molar-refractivity contribution in [3.63, 3.8) is 0 Å². The van der Waals surface area contributed by atoms with Crippen LogP contribution < -0.4 is 5.32 Å². The fraction of sp³-hybridized carbons (Fsp3) is 0.0833. The molecular weight excluding hydrogens is 248 g/mol. The van der Waals surface area contributed by atoms with Crippen molar-refractivity contribution in [2.45, 2.75) is 6.92 Å². The van der Waals surface area contributed by atoms with Gasteiger partial charge in [0.1, 0.15) is 0 Å². The van der Waals surface area contributed by atoms with Crippen molar-refractivity contribution < 1.29 is 14.7 Å². The first-order chi connectivity index (χ1) is 9.09. The molecule has 0 unspecified atom stereocenters. The van der Waals surface area contributed by atoms with E-state index < -0.39 is 11.9 Å². The average molecular weight is 258 g/mol. The van der Waals surface area contributed by atoms with E-state index in [1.807, 2.05) is 0 Å². The minimum atomic E-state index is -1.26. The smallest absolute Gasteiger partial charge is 0.358 e. The van der Waals surface area contributed by atoms with Gasteiger partial charge < -0.3 is 10.4 Å². The molecule has 2 aromatic heterocycles. The monoisotopic (exact) mass is 258 g/mol. The second kappa shape index (κ2) is 5.21. The van der Waals surface area contributed by atoms with Gasteiger partial charge in [-0.05, 0) is 19.1 Å². The lowest BCUT2D eigenvalue weighted by Crippen LogP contribution is -2.18. The van der Waals surface area contributed by atoms with E-state index in [4.69, 9.17) is 5.11 Å². The summed E-state index contributed by atoms with van der Waals surface area (Å²) in [6.07, 6.45) is 4.11. The Morgan fingerprint density at radius 2 is 1.89 bits per heavy atom. The largest absolute Gasteiger partial charge is 0.476 e. The third kappa shape index (κ3) is 2.71. The van der Waals surface area contributed by atoms with E-state index in [2.05, 4.69) is 20.3 Å². The van der Waals surface area contributed by atoms with Crippen molar-refractivity contribution in [1.82, 2.24) is 15.0 Å². The molecule has 2 N–H and O–H groups in total. The van der Waals surface area contributed by atoms with E-state index in [0.29, 0.717) is 11.3 Å². The highest BCUT2D eigenvalue weighted by molar-refractivity contribution is 6.06. The number of aryl methyl sites for hydroxylation is 1. The molecule has 0 saturated carbocycles. The summed E-state index contributed by atoms with van der Waals surface area (Å²) in [6.45, 7) is 1.68. The van der Waals surface area contributed by atoms with Crippen LogP contribution >= 0.6 is 0 Å². The summed E-state index contributed by atoms with van der Waals surface area (Å²) in [6, 6.07) is 3.21. The zero-order chi connectivity index (χ0) is 13.8. The molecule has 96 valence electrons. The highest BCUT2D eigenvalue weighted by atomic mass is 16.4. The van der Waals surface area contributed by atoms with Crippen LogP contribution in [0.5, 0.6) is 0 Å². The molecule has 0 spiro atoms. The Kier molecular flexibility index (Phi) is 3.46. The minimum absolute atomic E-state index is 0.0942. The van der Waals surface area contributed by atoms with Crippen LogP contribution in [0.15, 0.2) is 30.7 Å². The number of aromatic carboxylic acids is 1. The normalized spacial score (nSPS) is 9.95. The number of amides is 1. The van der Waals surface area contributed by atoms with E-state index in [1.54, 1.807) is 25.3 Å². The zero-order valence-corrected chi connectivity index (χ0v) is 9.99. The molecule has 7 nitrogen and oxygen atoms in total. The summed E-state index contributed by atoms with van der Waals surface area (Å²) in [4.78, 5) is 34.4. The van der Waals surface area contributed by atoms with Gasteiger partial charge >= 0.3 is 5.97 Å². The number of carboxylic acid groups (broad SMARTS) is 1. The number of hydrogen-bond acceptors (Lipinski definition) is 5. The lowest BCUT2D eigenvalue weighted by Gasteiger charge is -2.07. The van der Waals surface area contributed by atoms with E-state index in [1.165, 1.54) is 12.4 Å². The second-order valence-corrected chi connectivity index (χ2v) is 3.65. The van der Waals surface area contributed by atoms with Gasteiger partial charge in [0, 0.05) is 24.3 Å². The minimum Gasteiger partial charge on any atom is -0.476 e. The van der Waals surface area contributed by atoms with Crippen molar-refractivity contribution >= 4 is 17.7 Å². The highest BCUT2D eigenvalue weighted by Crippen LogP contribution is 2.11. The first-order valence-corrected chi connectivity index (χ1v) is 5.37. The zero-order valence-electron chi connectivity index (χ0n) is 9.99. The van der Waals surface area contributed by atoms with Crippen LogP contribution in [0, 0.1) is 6.92 Å². The summed E-state index contributed by atoms with van der Waals surface area (Å²) in [7, 11) is 0. The molecule has 0 bridgehead atoms. The van der Waals surface area contributed by atoms with Crippen LogP contribution in [0.2, 0.25) is 0 Å². The number of nitrogens with one attached hydrogen (secondary N) is 1. The number of aromatic nitrogens is 3. The molecule has 7 heteroatoms. The SMILES string of the molecule is Cc1ncccc1C(=O)Nc1nccnc1C(=O)O. The molecule has 2 heterocycles. The molecule has 0 aromatic carbocycles. The summed E-state index contributed by atoms with van der Waals surface area (Å²) in [5.41, 5.74) is 0.586. The molecule has 0 fully saturated rings. The van der Waals surface area contributed by atoms with Crippen molar-refractivity contribution in [3.8, 4) is 0 Å². The Hall–Kier alpha value is -2.83. The highest BCUT2D eigenvalue weighted by Gasteiger charge is 2.16. The van der Waals surface area contributed by atoms with Crippen molar-refractivity contribution in [3.05, 3.63) is 47.7 Å². The van der Waals surface area contributed by atoms with Crippen LogP contribution in [-0.2, 0) is 0 Å². The Bertz CT molecular complexity index is 642. The number of carbonyl (C=O) groups is 2. The van der Waals surface area contributed by atoms with Gasteiger partial charge in [-0.1, -0.05) is 0 Å². The van der Waals surface area contributed by atoms with Crippen molar-refractivity contribution in [2.24, 2.45) is 0 Å². The Balaban J connectivity index is 2.30. The summed E-state index contributed by atoms with van der Waals surface area (Å²) >= 11 is 0. The lowest BCUT2D eigenvalue weighted by atomic mass is 10.2. The number of rotatable bonds is 3. The predicted molar refractivity (Wildman–Crippen MR) is 65.9 cm³/mol. The van der Waals surface area contributed by atoms with E-state index in [0.717, 1.165) is 0 Å². The van der Waals surface area contributed by atoms with Gasteiger partial charge in [0.05, 0.1) is 5.56 Å². The van der Waals surface area contributed by atoms with E-state index in [9.17, 15) is 9.59 Å². The second-order valence-electron chi connectivity index (χ2n) is 3.65. The number of carbonyl (C=O) groups excluding carboxylic acids is 1. The first kappa shape index (κ1) is 12.6. The number of nitrogens with zero attached hydrogens (tertiary/aromatic N) is 3. The van der Waals surface area contributed by atoms with Gasteiger partial charge in [-0.15, -0.1) is 0 Å². The number of hydrogen-bond donors (Lipinski definition) is 2. The number of anilines is 1. The van der Waals surface area contributed by atoms with Gasteiger partial charge in [-0.3, -0.25) is 9.78 Å². The molecule has 2 aromatic rings. The molecule has 1 amide bonds. The third-order valence-electron chi connectivity index (χ3n) is 2.38. The maximum absolute atomic E-state index is 12.0. The lowest BCUT2D eigenvalue weighted by molar-refractivity contribution is 0.0691. The molecule has 0 atom stereocenters. The van der Waals surface area contributed by atoms with Gasteiger partial charge in [0.2, 0.25) is 0 Å². The maximum atomic E-state index is 12.0. The van der Waals surface area contributed by atoms with Crippen LogP contribution in [-0.4, -0.2) is 31.9 Å². The van der Waals surface area contributed by atoms with Crippen LogP contribution in [0.4, 0.5) is 5.82 Å². The van der Waals surface area contributed by atoms with Gasteiger partial charge in [-0.25, -0.2) is 14.8 Å². The van der Waals surface area contributed by atoms with E-state index in [-0.39, 0.29) is 11.5 Å². The quantitative estimate of drug-likeness (QED) is 0.854. The topological polar surface area (TPSA) is 105 Å². The van der Waals surface area contributed by atoms with Crippen LogP contribution in [0.25, 0.3) is 0 Å². The number of carboxylic acids is 1.